The van der Waals surface area contributed by atoms with Crippen LogP contribution in [0.5, 0.6) is 0 Å². The van der Waals surface area contributed by atoms with Crippen molar-refractivity contribution in [3.8, 4) is 0 Å². The molecule has 1 aliphatic heterocycles. The highest BCUT2D eigenvalue weighted by Gasteiger charge is 2.22. The van der Waals surface area contributed by atoms with Gasteiger partial charge in [0.05, 0.1) is 38.4 Å². The number of para-hydroxylation sites is 1. The molecule has 106 valence electrons. The number of nitrogens with one attached hydrogen (secondary N) is 3. The topological polar surface area (TPSA) is 52.6 Å². The first-order chi connectivity index (χ1) is 9.78. The van der Waals surface area contributed by atoms with Crippen LogP contribution in [-0.2, 0) is 0 Å². The average molecular weight is 273 g/mol. The number of carbonyl (C=O) groups is 1. The Labute approximate surface area is 118 Å². The zero-order valence-corrected chi connectivity index (χ0v) is 11.8. The van der Waals surface area contributed by atoms with Crippen molar-refractivity contribution in [1.29, 1.82) is 0 Å². The van der Waals surface area contributed by atoms with Crippen molar-refractivity contribution in [3.63, 3.8) is 0 Å². The van der Waals surface area contributed by atoms with Crippen LogP contribution in [0.3, 0.4) is 0 Å². The van der Waals surface area contributed by atoms with E-state index in [1.165, 1.54) is 0 Å². The number of fused-ring (bicyclic) bond motifs is 1. The molecule has 0 spiro atoms. The van der Waals surface area contributed by atoms with E-state index in [0.29, 0.717) is 0 Å². The highest BCUT2D eigenvalue weighted by molar-refractivity contribution is 6.00. The smallest absolute Gasteiger partial charge is 0.322 e. The van der Waals surface area contributed by atoms with Crippen LogP contribution in [0.25, 0.3) is 10.9 Å². The summed E-state index contributed by atoms with van der Waals surface area (Å²) in [5.41, 5.74) is 1.90. The van der Waals surface area contributed by atoms with Crippen molar-refractivity contribution in [1.82, 2.24) is 9.88 Å². The molecule has 0 radical (unpaired) electrons. The van der Waals surface area contributed by atoms with Crippen LogP contribution in [0.15, 0.2) is 30.5 Å². The molecular formula is C15H21N4O+. The van der Waals surface area contributed by atoms with Crippen LogP contribution in [0, 0.1) is 0 Å². The van der Waals surface area contributed by atoms with Gasteiger partial charge in [-0.1, -0.05) is 18.2 Å². The first-order valence-electron chi connectivity index (χ1n) is 7.23. The minimum absolute atomic E-state index is 0.00454. The number of amides is 2. The zero-order chi connectivity index (χ0) is 13.9. The molecular weight excluding hydrogens is 252 g/mol. The highest BCUT2D eigenvalue weighted by Crippen LogP contribution is 2.22. The maximum atomic E-state index is 12.3. The largest absolute Gasteiger partial charge is 0.359 e. The second-order valence-corrected chi connectivity index (χ2v) is 5.27. The molecule has 1 saturated heterocycles. The third-order valence-corrected chi connectivity index (χ3v) is 4.09. The summed E-state index contributed by atoms with van der Waals surface area (Å²) in [6.45, 7) is 7.07. The minimum atomic E-state index is 0.00454. The molecule has 2 aromatic rings. The fraction of sp³-hybridized carbons (Fsp3) is 0.400. The van der Waals surface area contributed by atoms with E-state index in [-0.39, 0.29) is 6.03 Å². The van der Waals surface area contributed by atoms with Crippen molar-refractivity contribution in [2.45, 2.75) is 6.92 Å². The lowest BCUT2D eigenvalue weighted by Crippen LogP contribution is -3.14. The molecule has 5 heteroatoms. The van der Waals surface area contributed by atoms with Crippen molar-refractivity contribution in [2.24, 2.45) is 0 Å². The average Bonchev–Trinajstić information content (AvgIpc) is 2.91. The van der Waals surface area contributed by atoms with Crippen LogP contribution in [0.2, 0.25) is 0 Å². The second-order valence-electron chi connectivity index (χ2n) is 5.27. The summed E-state index contributed by atoms with van der Waals surface area (Å²) < 4.78 is 0. The van der Waals surface area contributed by atoms with Gasteiger partial charge in [0.2, 0.25) is 0 Å². The standard InChI is InChI=1S/C15H20N4O/c1-2-18-7-9-19(10-8-18)15(20)17-14-11-16-13-6-4-3-5-12(13)14/h3-6,11,16H,2,7-10H2,1H3,(H,17,20)/p+1. The molecule has 3 N–H and O–H groups in total. The number of rotatable bonds is 2. The lowest BCUT2D eigenvalue weighted by atomic mass is 10.2. The SMILES string of the molecule is CC[NH+]1CCN(C(=O)Nc2c[nH]c3ccccc23)CC1. The van der Waals surface area contributed by atoms with Gasteiger partial charge in [-0.2, -0.15) is 0 Å². The summed E-state index contributed by atoms with van der Waals surface area (Å²) in [6, 6.07) is 7.99. The third-order valence-electron chi connectivity index (χ3n) is 4.09. The van der Waals surface area contributed by atoms with Crippen LogP contribution >= 0.6 is 0 Å². The Balaban J connectivity index is 1.67. The first kappa shape index (κ1) is 13.0. The Hall–Kier alpha value is -2.01. The first-order valence-corrected chi connectivity index (χ1v) is 7.23. The molecule has 2 amide bonds. The zero-order valence-electron chi connectivity index (χ0n) is 11.8. The lowest BCUT2D eigenvalue weighted by Gasteiger charge is -2.31. The van der Waals surface area contributed by atoms with E-state index in [1.807, 2.05) is 35.4 Å². The molecule has 1 aliphatic rings. The summed E-state index contributed by atoms with van der Waals surface area (Å²) in [5, 5.41) is 4.07. The minimum Gasteiger partial charge on any atom is -0.359 e. The van der Waals surface area contributed by atoms with E-state index in [1.54, 1.807) is 4.90 Å². The van der Waals surface area contributed by atoms with Crippen LogP contribution < -0.4 is 10.2 Å². The number of likely N-dealkylation sites (N-methyl/N-ethyl adjacent to an activating group) is 1. The molecule has 5 nitrogen and oxygen atoms in total. The molecule has 0 atom stereocenters. The number of carbonyl (C=O) groups excluding carboxylic acids is 1. The normalized spacial score (nSPS) is 16.6. The fourth-order valence-electron chi connectivity index (χ4n) is 2.75. The molecule has 1 aromatic carbocycles. The van der Waals surface area contributed by atoms with Crippen molar-refractivity contribution in [3.05, 3.63) is 30.5 Å². The Morgan fingerprint density at radius 3 is 2.85 bits per heavy atom. The quantitative estimate of drug-likeness (QED) is 0.749. The Morgan fingerprint density at radius 1 is 1.35 bits per heavy atom. The second kappa shape index (κ2) is 5.54. The lowest BCUT2D eigenvalue weighted by molar-refractivity contribution is -0.902. The molecule has 20 heavy (non-hydrogen) atoms. The van der Waals surface area contributed by atoms with E-state index in [9.17, 15) is 4.79 Å². The van der Waals surface area contributed by atoms with E-state index >= 15 is 0 Å². The summed E-state index contributed by atoms with van der Waals surface area (Å²) >= 11 is 0. The molecule has 1 aromatic heterocycles. The van der Waals surface area contributed by atoms with E-state index < -0.39 is 0 Å². The molecule has 2 heterocycles. The number of quaternary nitrogens is 1. The van der Waals surface area contributed by atoms with Crippen molar-refractivity contribution < 1.29 is 9.69 Å². The monoisotopic (exact) mass is 273 g/mol. The number of piperazine rings is 1. The number of urea groups is 1. The number of nitrogens with zero attached hydrogens (tertiary/aromatic N) is 1. The summed E-state index contributed by atoms with van der Waals surface area (Å²) in [6.07, 6.45) is 1.86. The van der Waals surface area contributed by atoms with Gasteiger partial charge in [0, 0.05) is 17.1 Å². The van der Waals surface area contributed by atoms with E-state index in [2.05, 4.69) is 17.2 Å². The maximum Gasteiger partial charge on any atom is 0.322 e. The maximum absolute atomic E-state index is 12.3. The highest BCUT2D eigenvalue weighted by atomic mass is 16.2. The van der Waals surface area contributed by atoms with Gasteiger partial charge in [-0.15, -0.1) is 0 Å². The molecule has 0 saturated carbocycles. The van der Waals surface area contributed by atoms with Gasteiger partial charge in [-0.25, -0.2) is 4.79 Å². The number of H-pyrrole nitrogens is 1. The van der Waals surface area contributed by atoms with Crippen LogP contribution in [0.4, 0.5) is 10.5 Å². The summed E-state index contributed by atoms with van der Waals surface area (Å²) in [4.78, 5) is 18.9. The van der Waals surface area contributed by atoms with Gasteiger partial charge in [0.1, 0.15) is 0 Å². The van der Waals surface area contributed by atoms with Gasteiger partial charge < -0.3 is 20.1 Å². The fourth-order valence-corrected chi connectivity index (χ4v) is 2.75. The molecule has 3 rings (SSSR count). The molecule has 0 aliphatic carbocycles. The van der Waals surface area contributed by atoms with Crippen LogP contribution in [0.1, 0.15) is 6.92 Å². The number of hydrogen-bond acceptors (Lipinski definition) is 1. The van der Waals surface area contributed by atoms with Gasteiger partial charge >= 0.3 is 6.03 Å². The predicted octanol–water partition coefficient (Wildman–Crippen LogP) is 0.920. The molecule has 1 fully saturated rings. The van der Waals surface area contributed by atoms with Crippen molar-refractivity contribution >= 4 is 22.6 Å². The molecule has 0 unspecified atom stereocenters. The van der Waals surface area contributed by atoms with Crippen LogP contribution in [-0.4, -0.2) is 48.6 Å². The Bertz CT molecular complexity index is 599. The summed E-state index contributed by atoms with van der Waals surface area (Å²) in [7, 11) is 0. The van der Waals surface area contributed by atoms with Gasteiger partial charge in [0.15, 0.2) is 0 Å². The van der Waals surface area contributed by atoms with Crippen molar-refractivity contribution in [2.75, 3.05) is 38.0 Å². The Morgan fingerprint density at radius 2 is 2.10 bits per heavy atom. The number of hydrogen-bond donors (Lipinski definition) is 3. The third kappa shape index (κ3) is 2.49. The van der Waals surface area contributed by atoms with Gasteiger partial charge in [-0.05, 0) is 13.0 Å². The van der Waals surface area contributed by atoms with E-state index in [4.69, 9.17) is 0 Å². The number of aromatic amines is 1. The van der Waals surface area contributed by atoms with Gasteiger partial charge in [-0.3, -0.25) is 0 Å². The number of anilines is 1. The Kier molecular flexibility index (Phi) is 3.60. The number of benzene rings is 1. The van der Waals surface area contributed by atoms with E-state index in [0.717, 1.165) is 49.3 Å². The van der Waals surface area contributed by atoms with Gasteiger partial charge in [0.25, 0.3) is 0 Å². The predicted molar refractivity (Wildman–Crippen MR) is 80.1 cm³/mol. The molecule has 0 bridgehead atoms. The number of aromatic nitrogens is 1. The summed E-state index contributed by atoms with van der Waals surface area (Å²) in [5.74, 6) is 0.